The van der Waals surface area contributed by atoms with Crippen LogP contribution in [0.1, 0.15) is 0 Å². The lowest BCUT2D eigenvalue weighted by Crippen LogP contribution is -1.95. The molecule has 3 nitrogen and oxygen atoms in total. The molecule has 0 saturated heterocycles. The van der Waals surface area contributed by atoms with E-state index < -0.39 is 0 Å². The number of thioether (sulfide) groups is 1. The standard InChI is InChI=1S/C7H11N3S2/c1-6(3-11)4-12-7-8-5-9-10(7)2/h5,11H,1,3-4H2,2H3. The van der Waals surface area contributed by atoms with Crippen LogP contribution in [-0.4, -0.2) is 26.3 Å². The van der Waals surface area contributed by atoms with E-state index in [1.54, 1.807) is 22.8 Å². The van der Waals surface area contributed by atoms with E-state index in [0.717, 1.165) is 22.2 Å². The van der Waals surface area contributed by atoms with Gasteiger partial charge in [0.05, 0.1) is 0 Å². The SMILES string of the molecule is C=C(CS)CSc1ncnn1C. The zero-order valence-corrected chi connectivity index (χ0v) is 8.61. The van der Waals surface area contributed by atoms with Crippen molar-refractivity contribution in [3.8, 4) is 0 Å². The molecule has 5 heteroatoms. The van der Waals surface area contributed by atoms with Crippen LogP contribution in [0.2, 0.25) is 0 Å². The third-order valence-electron chi connectivity index (χ3n) is 1.30. The molecule has 1 aromatic heterocycles. The highest BCUT2D eigenvalue weighted by Gasteiger charge is 2.00. The van der Waals surface area contributed by atoms with Crippen molar-refractivity contribution in [1.82, 2.24) is 14.8 Å². The quantitative estimate of drug-likeness (QED) is 0.454. The molecule has 0 N–H and O–H groups in total. The van der Waals surface area contributed by atoms with Gasteiger partial charge in [-0.05, 0) is 0 Å². The molecule has 0 aliphatic carbocycles. The predicted molar refractivity (Wildman–Crippen MR) is 54.7 cm³/mol. The Morgan fingerprint density at radius 2 is 2.58 bits per heavy atom. The molecular weight excluding hydrogens is 190 g/mol. The number of hydrogen-bond donors (Lipinski definition) is 1. The minimum Gasteiger partial charge on any atom is -0.244 e. The zero-order valence-electron chi connectivity index (χ0n) is 6.90. The summed E-state index contributed by atoms with van der Waals surface area (Å²) in [7, 11) is 1.87. The second kappa shape index (κ2) is 4.57. The van der Waals surface area contributed by atoms with E-state index in [2.05, 4.69) is 29.3 Å². The smallest absolute Gasteiger partial charge is 0.186 e. The lowest BCUT2D eigenvalue weighted by molar-refractivity contribution is 0.685. The Labute approximate surface area is 81.7 Å². The Morgan fingerprint density at radius 3 is 3.08 bits per heavy atom. The largest absolute Gasteiger partial charge is 0.244 e. The summed E-state index contributed by atoms with van der Waals surface area (Å²) in [6.07, 6.45) is 1.55. The Hall–Kier alpha value is -0.420. The number of aryl methyl sites for hydroxylation is 1. The van der Waals surface area contributed by atoms with Crippen molar-refractivity contribution in [3.63, 3.8) is 0 Å². The Bertz CT molecular complexity index is 269. The summed E-state index contributed by atoms with van der Waals surface area (Å²) in [6.45, 7) is 3.85. The molecule has 0 radical (unpaired) electrons. The molecule has 0 saturated carbocycles. The van der Waals surface area contributed by atoms with E-state index in [0.29, 0.717) is 0 Å². The lowest BCUT2D eigenvalue weighted by atomic mass is 10.4. The molecule has 0 spiro atoms. The number of rotatable bonds is 4. The number of hydrogen-bond acceptors (Lipinski definition) is 4. The van der Waals surface area contributed by atoms with Crippen LogP contribution < -0.4 is 0 Å². The average molecular weight is 201 g/mol. The fourth-order valence-corrected chi connectivity index (χ4v) is 1.68. The first kappa shape index (κ1) is 9.67. The van der Waals surface area contributed by atoms with Crippen LogP contribution in [0.5, 0.6) is 0 Å². The minimum atomic E-state index is 0.727. The second-order valence-corrected chi connectivity index (χ2v) is 3.62. The van der Waals surface area contributed by atoms with Gasteiger partial charge in [-0.3, -0.25) is 0 Å². The summed E-state index contributed by atoms with van der Waals surface area (Å²) >= 11 is 5.74. The van der Waals surface area contributed by atoms with E-state index >= 15 is 0 Å². The first-order valence-electron chi connectivity index (χ1n) is 3.48. The van der Waals surface area contributed by atoms with Crippen LogP contribution in [0.4, 0.5) is 0 Å². The summed E-state index contributed by atoms with van der Waals surface area (Å²) in [5.74, 6) is 1.58. The van der Waals surface area contributed by atoms with Gasteiger partial charge in [-0.15, -0.1) is 0 Å². The molecule has 1 aromatic rings. The Balaban J connectivity index is 2.43. The summed E-state index contributed by atoms with van der Waals surface area (Å²) in [6, 6.07) is 0. The molecule has 0 aliphatic rings. The maximum Gasteiger partial charge on any atom is 0.186 e. The van der Waals surface area contributed by atoms with Crippen molar-refractivity contribution in [2.45, 2.75) is 5.16 Å². The van der Waals surface area contributed by atoms with Crippen molar-refractivity contribution < 1.29 is 0 Å². The van der Waals surface area contributed by atoms with Gasteiger partial charge in [-0.1, -0.05) is 23.9 Å². The summed E-state index contributed by atoms with van der Waals surface area (Å²) < 4.78 is 1.75. The van der Waals surface area contributed by atoms with Gasteiger partial charge in [0.15, 0.2) is 5.16 Å². The van der Waals surface area contributed by atoms with Gasteiger partial charge in [-0.25, -0.2) is 9.67 Å². The highest BCUT2D eigenvalue weighted by Crippen LogP contribution is 2.16. The molecule has 0 amide bonds. The second-order valence-electron chi connectivity index (χ2n) is 2.36. The molecule has 0 bridgehead atoms. The highest BCUT2D eigenvalue weighted by atomic mass is 32.2. The van der Waals surface area contributed by atoms with Gasteiger partial charge in [-0.2, -0.15) is 17.7 Å². The third kappa shape index (κ3) is 2.57. The highest BCUT2D eigenvalue weighted by molar-refractivity contribution is 7.99. The van der Waals surface area contributed by atoms with Gasteiger partial charge in [0.25, 0.3) is 0 Å². The van der Waals surface area contributed by atoms with Gasteiger partial charge < -0.3 is 0 Å². The predicted octanol–water partition coefficient (Wildman–Crippen LogP) is 1.39. The van der Waals surface area contributed by atoms with Crippen molar-refractivity contribution in [2.75, 3.05) is 11.5 Å². The Kier molecular flexibility index (Phi) is 3.68. The summed E-state index contributed by atoms with van der Waals surface area (Å²) in [5, 5.41) is 4.87. The first-order chi connectivity index (χ1) is 5.74. The average Bonchev–Trinajstić information content (AvgIpc) is 2.47. The monoisotopic (exact) mass is 201 g/mol. The molecule has 66 valence electrons. The first-order valence-corrected chi connectivity index (χ1v) is 5.10. The van der Waals surface area contributed by atoms with E-state index in [-0.39, 0.29) is 0 Å². The zero-order chi connectivity index (χ0) is 8.97. The van der Waals surface area contributed by atoms with Gasteiger partial charge in [0.2, 0.25) is 0 Å². The molecule has 0 unspecified atom stereocenters. The van der Waals surface area contributed by atoms with Crippen LogP contribution in [0.25, 0.3) is 0 Å². The number of thiol groups is 1. The minimum absolute atomic E-state index is 0.727. The van der Waals surface area contributed by atoms with E-state index in [1.807, 2.05) is 7.05 Å². The van der Waals surface area contributed by atoms with E-state index in [4.69, 9.17) is 0 Å². The van der Waals surface area contributed by atoms with Gasteiger partial charge in [0.1, 0.15) is 6.33 Å². The fraction of sp³-hybridized carbons (Fsp3) is 0.429. The van der Waals surface area contributed by atoms with Crippen molar-refractivity contribution >= 4 is 24.4 Å². The maximum absolute atomic E-state index is 4.12. The van der Waals surface area contributed by atoms with Gasteiger partial charge in [0, 0.05) is 18.6 Å². The molecular formula is C7H11N3S2. The molecule has 0 fully saturated rings. The lowest BCUT2D eigenvalue weighted by Gasteiger charge is -2.00. The molecule has 0 atom stereocenters. The van der Waals surface area contributed by atoms with E-state index in [9.17, 15) is 0 Å². The number of aromatic nitrogens is 3. The van der Waals surface area contributed by atoms with Crippen LogP contribution in [0, 0.1) is 0 Å². The van der Waals surface area contributed by atoms with Crippen LogP contribution in [0.3, 0.4) is 0 Å². The van der Waals surface area contributed by atoms with Gasteiger partial charge >= 0.3 is 0 Å². The van der Waals surface area contributed by atoms with Crippen LogP contribution in [-0.2, 0) is 7.05 Å². The summed E-state index contributed by atoms with van der Waals surface area (Å²) in [4.78, 5) is 4.07. The topological polar surface area (TPSA) is 30.7 Å². The normalized spacial score (nSPS) is 10.2. The van der Waals surface area contributed by atoms with Crippen molar-refractivity contribution in [3.05, 3.63) is 18.5 Å². The number of nitrogens with zero attached hydrogens (tertiary/aromatic N) is 3. The van der Waals surface area contributed by atoms with Crippen LogP contribution in [0.15, 0.2) is 23.6 Å². The van der Waals surface area contributed by atoms with Crippen LogP contribution >= 0.6 is 24.4 Å². The van der Waals surface area contributed by atoms with E-state index in [1.165, 1.54) is 0 Å². The Morgan fingerprint density at radius 1 is 1.83 bits per heavy atom. The van der Waals surface area contributed by atoms with Crippen molar-refractivity contribution in [2.24, 2.45) is 7.05 Å². The molecule has 1 heterocycles. The molecule has 0 aliphatic heterocycles. The molecule has 1 rings (SSSR count). The molecule has 12 heavy (non-hydrogen) atoms. The maximum atomic E-state index is 4.12. The fourth-order valence-electron chi connectivity index (χ4n) is 0.629. The molecule has 0 aromatic carbocycles. The van der Waals surface area contributed by atoms with Crippen molar-refractivity contribution in [1.29, 1.82) is 0 Å². The third-order valence-corrected chi connectivity index (χ3v) is 2.93. The summed E-state index contributed by atoms with van der Waals surface area (Å²) in [5.41, 5.74) is 1.10.